The molecule has 7 nitrogen and oxygen atoms in total. The summed E-state index contributed by atoms with van der Waals surface area (Å²) in [7, 11) is 1.75. The van der Waals surface area contributed by atoms with Crippen LogP contribution in [0.15, 0.2) is 24.5 Å². The molecule has 27 heavy (non-hydrogen) atoms. The Balaban J connectivity index is 2.38. The summed E-state index contributed by atoms with van der Waals surface area (Å²) in [5.41, 5.74) is 0. The van der Waals surface area contributed by atoms with Crippen LogP contribution >= 0.6 is 0 Å². The summed E-state index contributed by atoms with van der Waals surface area (Å²) in [6.07, 6.45) is 2.10. The number of halogens is 3. The minimum absolute atomic E-state index is 0.0446. The summed E-state index contributed by atoms with van der Waals surface area (Å²) in [5, 5.41) is 12.8. The summed E-state index contributed by atoms with van der Waals surface area (Å²) in [6.45, 7) is 2.37. The van der Waals surface area contributed by atoms with Gasteiger partial charge >= 0.3 is 12.2 Å². The maximum Gasteiger partial charge on any atom is 0.389 e. The SMILES string of the molecule is CCNC(=O)N[C@H](C/C=C/CCOC(=N)c1nccn1C)CCC(F)(F)F. The predicted octanol–water partition coefficient (Wildman–Crippen LogP) is 3.13. The molecule has 3 N–H and O–H groups in total. The second kappa shape index (κ2) is 11.2. The number of nitrogens with zero attached hydrogens (tertiary/aromatic N) is 2. The van der Waals surface area contributed by atoms with E-state index in [0.717, 1.165) is 0 Å². The Labute approximate surface area is 156 Å². The van der Waals surface area contributed by atoms with Gasteiger partial charge in [-0.3, -0.25) is 5.41 Å². The van der Waals surface area contributed by atoms with E-state index in [1.165, 1.54) is 0 Å². The minimum atomic E-state index is -4.26. The third kappa shape index (κ3) is 9.66. The summed E-state index contributed by atoms with van der Waals surface area (Å²) in [5.74, 6) is 0.370. The zero-order chi connectivity index (χ0) is 20.3. The van der Waals surface area contributed by atoms with Crippen LogP contribution in [0.5, 0.6) is 0 Å². The number of amides is 2. The van der Waals surface area contributed by atoms with Crippen LogP contribution in [0, 0.1) is 5.41 Å². The number of ether oxygens (including phenoxy) is 1. The Morgan fingerprint density at radius 1 is 1.44 bits per heavy atom. The van der Waals surface area contributed by atoms with E-state index in [4.69, 9.17) is 10.1 Å². The van der Waals surface area contributed by atoms with Crippen molar-refractivity contribution in [2.45, 2.75) is 44.8 Å². The molecule has 0 unspecified atom stereocenters. The number of imidazole rings is 1. The van der Waals surface area contributed by atoms with Gasteiger partial charge in [0.15, 0.2) is 5.82 Å². The van der Waals surface area contributed by atoms with Gasteiger partial charge in [-0.1, -0.05) is 12.2 Å². The Kier molecular flexibility index (Phi) is 9.38. The molecule has 0 aromatic carbocycles. The van der Waals surface area contributed by atoms with Gasteiger partial charge in [0.2, 0.25) is 5.90 Å². The zero-order valence-electron chi connectivity index (χ0n) is 15.5. The average Bonchev–Trinajstić information content (AvgIpc) is 3.01. The van der Waals surface area contributed by atoms with Gasteiger partial charge in [0.05, 0.1) is 6.61 Å². The molecule has 0 aliphatic heterocycles. The van der Waals surface area contributed by atoms with Crippen molar-refractivity contribution < 1.29 is 22.7 Å². The second-order valence-electron chi connectivity index (χ2n) is 5.89. The lowest BCUT2D eigenvalue weighted by Gasteiger charge is -2.18. The van der Waals surface area contributed by atoms with Crippen LogP contribution in [0.2, 0.25) is 0 Å². The number of hydrogen-bond acceptors (Lipinski definition) is 4. The number of urea groups is 1. The second-order valence-corrected chi connectivity index (χ2v) is 5.89. The number of aryl methyl sites for hydroxylation is 1. The van der Waals surface area contributed by atoms with Crippen molar-refractivity contribution in [2.24, 2.45) is 7.05 Å². The summed E-state index contributed by atoms with van der Waals surface area (Å²) in [4.78, 5) is 15.5. The lowest BCUT2D eigenvalue weighted by Crippen LogP contribution is -2.42. The van der Waals surface area contributed by atoms with Gasteiger partial charge in [-0.2, -0.15) is 13.2 Å². The maximum atomic E-state index is 12.4. The monoisotopic (exact) mass is 389 g/mol. The molecule has 152 valence electrons. The number of rotatable bonds is 10. The molecule has 2 amide bonds. The van der Waals surface area contributed by atoms with Crippen molar-refractivity contribution in [1.82, 2.24) is 20.2 Å². The lowest BCUT2D eigenvalue weighted by molar-refractivity contribution is -0.136. The molecule has 1 atom stereocenters. The van der Waals surface area contributed by atoms with Gasteiger partial charge < -0.3 is 19.9 Å². The Morgan fingerprint density at radius 3 is 2.78 bits per heavy atom. The highest BCUT2D eigenvalue weighted by atomic mass is 19.4. The molecule has 0 radical (unpaired) electrons. The quantitative estimate of drug-likeness (QED) is 0.248. The fraction of sp³-hybridized carbons (Fsp3) is 0.588. The third-order valence-electron chi connectivity index (χ3n) is 3.59. The molecule has 1 aromatic rings. The molecular weight excluding hydrogens is 363 g/mol. The van der Waals surface area contributed by atoms with Crippen molar-refractivity contribution in [3.8, 4) is 0 Å². The molecule has 1 heterocycles. The van der Waals surface area contributed by atoms with Crippen molar-refractivity contribution in [1.29, 1.82) is 5.41 Å². The molecule has 1 aromatic heterocycles. The van der Waals surface area contributed by atoms with Crippen molar-refractivity contribution in [3.63, 3.8) is 0 Å². The first kappa shape index (κ1) is 22.5. The zero-order valence-corrected chi connectivity index (χ0v) is 15.5. The van der Waals surface area contributed by atoms with Crippen LogP contribution < -0.4 is 10.6 Å². The maximum absolute atomic E-state index is 12.4. The summed E-state index contributed by atoms with van der Waals surface area (Å²) in [6, 6.07) is -1.09. The van der Waals surface area contributed by atoms with Gasteiger partial charge in [0.25, 0.3) is 0 Å². The van der Waals surface area contributed by atoms with Crippen molar-refractivity contribution >= 4 is 11.9 Å². The molecule has 0 bridgehead atoms. The van der Waals surface area contributed by atoms with Crippen molar-refractivity contribution in [2.75, 3.05) is 13.2 Å². The standard InChI is InChI=1S/C17H26F3N5O2/c1-3-22-16(26)24-13(8-9-17(18,19)20)7-5-4-6-12-27-14(21)15-23-10-11-25(15)2/h4-5,10-11,13,21H,3,6-9,12H2,1-2H3,(H2,22,24,26)/b5-4+,21-14?/t13-/m1/s1. The highest BCUT2D eigenvalue weighted by molar-refractivity contribution is 5.87. The molecule has 0 saturated carbocycles. The third-order valence-corrected chi connectivity index (χ3v) is 3.59. The predicted molar refractivity (Wildman–Crippen MR) is 95.6 cm³/mol. The molecule has 0 spiro atoms. The van der Waals surface area contributed by atoms with E-state index < -0.39 is 24.7 Å². The van der Waals surface area contributed by atoms with Gasteiger partial charge in [-0.25, -0.2) is 9.78 Å². The normalized spacial score (nSPS) is 12.8. The van der Waals surface area contributed by atoms with Crippen LogP contribution in [0.4, 0.5) is 18.0 Å². The molecule has 0 aliphatic rings. The number of hydrogen-bond donors (Lipinski definition) is 3. The van der Waals surface area contributed by atoms with E-state index in [9.17, 15) is 18.0 Å². The molecule has 1 rings (SSSR count). The first-order chi connectivity index (χ1) is 12.7. The molecular formula is C17H26F3N5O2. The topological polar surface area (TPSA) is 92.0 Å². The number of aromatic nitrogens is 2. The van der Waals surface area contributed by atoms with E-state index in [-0.39, 0.29) is 25.3 Å². The van der Waals surface area contributed by atoms with Gasteiger partial charge in [-0.05, 0) is 26.2 Å². The van der Waals surface area contributed by atoms with E-state index in [1.54, 1.807) is 43.1 Å². The fourth-order valence-corrected chi connectivity index (χ4v) is 2.24. The Bertz CT molecular complexity index is 628. The molecule has 10 heteroatoms. The lowest BCUT2D eigenvalue weighted by atomic mass is 10.1. The van der Waals surface area contributed by atoms with Crippen LogP contribution in [0.1, 0.15) is 38.4 Å². The minimum Gasteiger partial charge on any atom is -0.475 e. The average molecular weight is 389 g/mol. The summed E-state index contributed by atoms with van der Waals surface area (Å²) < 4.78 is 44.2. The highest BCUT2D eigenvalue weighted by Crippen LogP contribution is 2.23. The van der Waals surface area contributed by atoms with E-state index in [2.05, 4.69) is 15.6 Å². The number of carbonyl (C=O) groups is 1. The number of nitrogens with one attached hydrogen (secondary N) is 3. The van der Waals surface area contributed by atoms with Gasteiger partial charge in [0, 0.05) is 38.4 Å². The molecule has 0 fully saturated rings. The fourth-order valence-electron chi connectivity index (χ4n) is 2.24. The van der Waals surface area contributed by atoms with E-state index in [1.807, 2.05) is 0 Å². The van der Waals surface area contributed by atoms with Gasteiger partial charge in [-0.15, -0.1) is 0 Å². The van der Waals surface area contributed by atoms with E-state index in [0.29, 0.717) is 18.8 Å². The summed E-state index contributed by atoms with van der Waals surface area (Å²) >= 11 is 0. The number of carbonyl (C=O) groups excluding carboxylic acids is 1. The van der Waals surface area contributed by atoms with Gasteiger partial charge in [0.1, 0.15) is 0 Å². The Hall–Kier alpha value is -2.52. The van der Waals surface area contributed by atoms with Crippen LogP contribution in [0.25, 0.3) is 0 Å². The first-order valence-corrected chi connectivity index (χ1v) is 8.68. The van der Waals surface area contributed by atoms with Crippen molar-refractivity contribution in [3.05, 3.63) is 30.4 Å². The molecule has 0 saturated heterocycles. The largest absolute Gasteiger partial charge is 0.475 e. The Morgan fingerprint density at radius 2 is 2.19 bits per heavy atom. The highest BCUT2D eigenvalue weighted by Gasteiger charge is 2.28. The van der Waals surface area contributed by atoms with E-state index >= 15 is 0 Å². The first-order valence-electron chi connectivity index (χ1n) is 8.68. The smallest absolute Gasteiger partial charge is 0.389 e. The van der Waals surface area contributed by atoms with Crippen LogP contribution in [-0.2, 0) is 11.8 Å². The molecule has 0 aliphatic carbocycles. The number of alkyl halides is 3. The van der Waals surface area contributed by atoms with Crippen LogP contribution in [0.3, 0.4) is 0 Å². The van der Waals surface area contributed by atoms with Crippen LogP contribution in [-0.4, -0.2) is 46.8 Å².